The molecule has 0 aliphatic rings. The van der Waals surface area contributed by atoms with E-state index in [4.69, 9.17) is 5.11 Å². The maximum Gasteiger partial charge on any atom is 0.340 e. The molecule has 0 bridgehead atoms. The second-order valence-electron chi connectivity index (χ2n) is 2.99. The minimum Gasteiger partial charge on any atom is -0.506 e. The molecule has 2 aromatic rings. The fourth-order valence-electron chi connectivity index (χ4n) is 1.45. The van der Waals surface area contributed by atoms with Gasteiger partial charge in [-0.3, -0.25) is 0 Å². The Morgan fingerprint density at radius 1 is 1.40 bits per heavy atom. The minimum absolute atomic E-state index is 0.100. The second kappa shape index (κ2) is 3.16. The largest absolute Gasteiger partial charge is 0.506 e. The monoisotopic (exact) mass is 271 g/mol. The lowest BCUT2D eigenvalue weighted by molar-refractivity contribution is 0.0695. The van der Waals surface area contributed by atoms with Crippen molar-refractivity contribution in [2.24, 2.45) is 0 Å². The lowest BCUT2D eigenvalue weighted by Crippen LogP contribution is -1.98. The molecule has 78 valence electrons. The van der Waals surface area contributed by atoms with Gasteiger partial charge in [0.1, 0.15) is 11.3 Å². The fourth-order valence-corrected chi connectivity index (χ4v) is 1.90. The maximum absolute atomic E-state index is 10.9. The van der Waals surface area contributed by atoms with Crippen LogP contribution in [0.4, 0.5) is 0 Å². The Morgan fingerprint density at radius 2 is 2.07 bits per heavy atom. The van der Waals surface area contributed by atoms with Gasteiger partial charge in [-0.05, 0) is 22.0 Å². The molecule has 0 radical (unpaired) electrons. The Balaban J connectivity index is 2.99. The number of benzene rings is 1. The van der Waals surface area contributed by atoms with Crippen molar-refractivity contribution in [1.29, 1.82) is 0 Å². The van der Waals surface area contributed by atoms with Gasteiger partial charge in [-0.15, -0.1) is 0 Å². The zero-order valence-electron chi connectivity index (χ0n) is 7.28. The smallest absolute Gasteiger partial charge is 0.340 e. The number of aromatic nitrogens is 1. The molecule has 4 N–H and O–H groups in total. The van der Waals surface area contributed by atoms with E-state index in [0.29, 0.717) is 5.39 Å². The first-order chi connectivity index (χ1) is 7.02. The molecule has 0 aliphatic carbocycles. The van der Waals surface area contributed by atoms with Crippen molar-refractivity contribution in [3.8, 4) is 11.6 Å². The normalized spacial score (nSPS) is 10.7. The highest BCUT2D eigenvalue weighted by Gasteiger charge is 2.20. The number of nitrogens with one attached hydrogen (secondary N) is 1. The van der Waals surface area contributed by atoms with Gasteiger partial charge < -0.3 is 20.3 Å². The average molecular weight is 272 g/mol. The van der Waals surface area contributed by atoms with E-state index in [2.05, 4.69) is 20.9 Å². The van der Waals surface area contributed by atoms with Gasteiger partial charge in [0, 0.05) is 11.6 Å². The quantitative estimate of drug-likeness (QED) is 0.639. The molecule has 0 amide bonds. The molecule has 0 saturated carbocycles. The van der Waals surface area contributed by atoms with Crippen molar-refractivity contribution in [3.63, 3.8) is 0 Å². The van der Waals surface area contributed by atoms with E-state index >= 15 is 0 Å². The lowest BCUT2D eigenvalue weighted by atomic mass is 10.1. The van der Waals surface area contributed by atoms with Crippen LogP contribution in [-0.4, -0.2) is 26.3 Å². The summed E-state index contributed by atoms with van der Waals surface area (Å²) < 4.78 is 0.270. The Morgan fingerprint density at radius 3 is 2.67 bits per heavy atom. The van der Waals surface area contributed by atoms with E-state index in [1.807, 2.05) is 0 Å². The molecule has 1 aromatic carbocycles. The van der Waals surface area contributed by atoms with Crippen LogP contribution in [0, 0.1) is 0 Å². The number of halogens is 1. The highest BCUT2D eigenvalue weighted by Crippen LogP contribution is 2.38. The lowest BCUT2D eigenvalue weighted by Gasteiger charge is -2.04. The second-order valence-corrected chi connectivity index (χ2v) is 3.84. The third-order valence-electron chi connectivity index (χ3n) is 2.10. The molecule has 0 atom stereocenters. The first-order valence-corrected chi connectivity index (χ1v) is 4.76. The first-order valence-electron chi connectivity index (χ1n) is 3.97. The van der Waals surface area contributed by atoms with Crippen LogP contribution in [0.2, 0.25) is 0 Å². The van der Waals surface area contributed by atoms with Crippen LogP contribution in [0.1, 0.15) is 10.4 Å². The highest BCUT2D eigenvalue weighted by atomic mass is 79.9. The van der Waals surface area contributed by atoms with Crippen molar-refractivity contribution in [2.45, 2.75) is 0 Å². The molecule has 0 unspecified atom stereocenters. The molecular formula is C9H6BrNO4. The van der Waals surface area contributed by atoms with Crippen molar-refractivity contribution in [3.05, 3.63) is 22.3 Å². The summed E-state index contributed by atoms with van der Waals surface area (Å²) in [5.41, 5.74) is -0.321. The predicted molar refractivity (Wildman–Crippen MR) is 56.3 cm³/mol. The van der Waals surface area contributed by atoms with Crippen LogP contribution in [0.25, 0.3) is 10.8 Å². The summed E-state index contributed by atoms with van der Waals surface area (Å²) in [6, 6.07) is 1.52. The number of hydrogen-bond donors (Lipinski definition) is 4. The van der Waals surface area contributed by atoms with Gasteiger partial charge in [0.2, 0.25) is 0 Å². The number of hydrogen-bond acceptors (Lipinski definition) is 3. The molecule has 0 aliphatic heterocycles. The van der Waals surface area contributed by atoms with Crippen molar-refractivity contribution >= 4 is 32.7 Å². The van der Waals surface area contributed by atoms with Crippen molar-refractivity contribution in [1.82, 2.24) is 4.98 Å². The summed E-state index contributed by atoms with van der Waals surface area (Å²) in [5, 5.41) is 28.5. The van der Waals surface area contributed by atoms with Gasteiger partial charge in [-0.2, -0.15) is 0 Å². The third-order valence-corrected chi connectivity index (χ3v) is 2.70. The number of aromatic hydroxyl groups is 2. The molecule has 1 heterocycles. The number of H-pyrrole nitrogens is 1. The summed E-state index contributed by atoms with van der Waals surface area (Å²) >= 11 is 3.04. The zero-order valence-corrected chi connectivity index (χ0v) is 8.87. The molecular weight excluding hydrogens is 266 g/mol. The standard InChI is InChI=1S/C9H6BrNO4/c10-4-1-3-2-11-8(13)5(3)6(7(4)12)9(14)15/h1-2,11-13H,(H,14,15). The van der Waals surface area contributed by atoms with Crippen LogP contribution in [-0.2, 0) is 0 Å². The Hall–Kier alpha value is -1.69. The van der Waals surface area contributed by atoms with Crippen molar-refractivity contribution < 1.29 is 20.1 Å². The van der Waals surface area contributed by atoms with Crippen LogP contribution in [0.3, 0.4) is 0 Å². The summed E-state index contributed by atoms with van der Waals surface area (Å²) in [5.74, 6) is -1.97. The summed E-state index contributed by atoms with van der Waals surface area (Å²) in [6.45, 7) is 0. The van der Waals surface area contributed by atoms with E-state index in [9.17, 15) is 15.0 Å². The summed E-state index contributed by atoms with van der Waals surface area (Å²) in [7, 11) is 0. The fraction of sp³-hybridized carbons (Fsp3) is 0. The van der Waals surface area contributed by atoms with E-state index in [1.165, 1.54) is 12.3 Å². The van der Waals surface area contributed by atoms with Gasteiger partial charge in [0.25, 0.3) is 0 Å². The number of aromatic carboxylic acids is 1. The number of phenols is 1. The predicted octanol–water partition coefficient (Wildman–Crippen LogP) is 2.04. The molecule has 0 saturated heterocycles. The average Bonchev–Trinajstić information content (AvgIpc) is 2.49. The van der Waals surface area contributed by atoms with E-state index in [0.717, 1.165) is 0 Å². The molecule has 0 fully saturated rings. The molecule has 0 spiro atoms. The van der Waals surface area contributed by atoms with Crippen LogP contribution in [0.15, 0.2) is 16.7 Å². The number of carbonyl (C=O) groups is 1. The molecule has 5 nitrogen and oxygen atoms in total. The third kappa shape index (κ3) is 1.33. The topological polar surface area (TPSA) is 93.5 Å². The number of carboxylic acid groups (broad SMARTS) is 1. The number of carboxylic acids is 1. The van der Waals surface area contributed by atoms with Gasteiger partial charge >= 0.3 is 5.97 Å². The maximum atomic E-state index is 10.9. The Labute approximate surface area is 92.1 Å². The summed E-state index contributed by atoms with van der Waals surface area (Å²) in [6.07, 6.45) is 1.46. The van der Waals surface area contributed by atoms with Crippen molar-refractivity contribution in [2.75, 3.05) is 0 Å². The zero-order chi connectivity index (χ0) is 11.2. The summed E-state index contributed by atoms with van der Waals surface area (Å²) in [4.78, 5) is 13.4. The van der Waals surface area contributed by atoms with Gasteiger partial charge in [-0.25, -0.2) is 4.79 Å². The first kappa shape index (κ1) is 9.85. The Kier molecular flexibility index (Phi) is 2.08. The van der Waals surface area contributed by atoms with E-state index in [1.54, 1.807) is 0 Å². The number of fused-ring (bicyclic) bond motifs is 1. The molecule has 2 rings (SSSR count). The van der Waals surface area contributed by atoms with E-state index < -0.39 is 11.7 Å². The van der Waals surface area contributed by atoms with Gasteiger partial charge in [0.15, 0.2) is 5.88 Å². The van der Waals surface area contributed by atoms with Crippen LogP contribution < -0.4 is 0 Å². The number of aromatic amines is 1. The SMILES string of the molecule is O=C(O)c1c(O)c(Br)cc2c[nH]c(O)c12. The molecule has 6 heteroatoms. The Bertz CT molecular complexity index is 561. The highest BCUT2D eigenvalue weighted by molar-refractivity contribution is 9.10. The van der Waals surface area contributed by atoms with E-state index in [-0.39, 0.29) is 21.3 Å². The van der Waals surface area contributed by atoms with Crippen LogP contribution >= 0.6 is 15.9 Å². The molecule has 1 aromatic heterocycles. The minimum atomic E-state index is -1.30. The van der Waals surface area contributed by atoms with Gasteiger partial charge in [0.05, 0.1) is 9.86 Å². The van der Waals surface area contributed by atoms with Crippen LogP contribution in [0.5, 0.6) is 11.6 Å². The molecule has 15 heavy (non-hydrogen) atoms. The number of rotatable bonds is 1. The van der Waals surface area contributed by atoms with Gasteiger partial charge in [-0.1, -0.05) is 0 Å².